The lowest BCUT2D eigenvalue weighted by molar-refractivity contribution is 0.541. The van der Waals surface area contributed by atoms with Gasteiger partial charge in [0.1, 0.15) is 5.66 Å². The number of para-hydroxylation sites is 2. The second-order valence-corrected chi connectivity index (χ2v) is 12.5. The fraction of sp³-hybridized carbons (Fsp3) is 0.0769. The number of anilines is 7. The molecule has 0 saturated carbocycles. The fourth-order valence-corrected chi connectivity index (χ4v) is 8.52. The van der Waals surface area contributed by atoms with E-state index in [2.05, 4.69) is 162 Å². The number of benzene rings is 6. The Balaban J connectivity index is 1.30. The molecule has 4 heterocycles. The first-order chi connectivity index (χ1) is 21.1. The van der Waals surface area contributed by atoms with Crippen molar-refractivity contribution in [3.05, 3.63) is 133 Å². The molecule has 4 aliphatic rings. The van der Waals surface area contributed by atoms with Gasteiger partial charge in [-0.15, -0.1) is 0 Å². The molecule has 3 nitrogen and oxygen atoms in total. The van der Waals surface area contributed by atoms with Gasteiger partial charge in [-0.1, -0.05) is 91.0 Å². The summed E-state index contributed by atoms with van der Waals surface area (Å²) in [6.45, 7) is 4.95. The van der Waals surface area contributed by atoms with Crippen molar-refractivity contribution in [1.82, 2.24) is 0 Å². The number of hydrogen-bond donors (Lipinski definition) is 0. The molecule has 0 aromatic heterocycles. The van der Waals surface area contributed by atoms with Crippen LogP contribution < -0.4 is 31.1 Å². The van der Waals surface area contributed by atoms with Crippen molar-refractivity contribution in [3.8, 4) is 22.3 Å². The van der Waals surface area contributed by atoms with Crippen molar-refractivity contribution < 1.29 is 0 Å². The minimum absolute atomic E-state index is 0.213. The van der Waals surface area contributed by atoms with Gasteiger partial charge < -0.3 is 14.7 Å². The first kappa shape index (κ1) is 23.4. The lowest BCUT2D eigenvalue weighted by atomic mass is 9.35. The lowest BCUT2D eigenvalue weighted by Gasteiger charge is -2.46. The summed E-state index contributed by atoms with van der Waals surface area (Å²) >= 11 is 0. The maximum Gasteiger partial charge on any atom is 0.253 e. The zero-order valence-corrected chi connectivity index (χ0v) is 24.1. The SMILES string of the molecule is CC1(C)N(c2ccccc2)c2ccc3c4c2N1c1cccc2c1B4c1c-3cccc1N2c1ccccc1-c1ccccc1. The van der Waals surface area contributed by atoms with E-state index >= 15 is 0 Å². The Morgan fingerprint density at radius 1 is 0.442 bits per heavy atom. The molecular weight excluding hydrogens is 521 g/mol. The van der Waals surface area contributed by atoms with Gasteiger partial charge in [-0.3, -0.25) is 0 Å². The lowest BCUT2D eigenvalue weighted by Crippen LogP contribution is -2.61. The van der Waals surface area contributed by atoms with Gasteiger partial charge in [0.25, 0.3) is 6.71 Å². The quantitative estimate of drug-likeness (QED) is 0.207. The molecule has 0 spiro atoms. The summed E-state index contributed by atoms with van der Waals surface area (Å²) in [5, 5.41) is 0. The van der Waals surface area contributed by atoms with Crippen LogP contribution in [0.2, 0.25) is 0 Å². The number of hydrogen-bond acceptors (Lipinski definition) is 3. The van der Waals surface area contributed by atoms with E-state index in [-0.39, 0.29) is 12.4 Å². The molecule has 6 aromatic rings. The predicted molar refractivity (Wildman–Crippen MR) is 181 cm³/mol. The Morgan fingerprint density at radius 3 is 1.86 bits per heavy atom. The molecule has 43 heavy (non-hydrogen) atoms. The standard InChI is InChI=1S/C39H28BN3/c1-39(2)42(26-15-7-4-8-16-26)34-24-23-29-28-18-11-20-31-35(28)40-36(29)38(34)43(39)33-22-12-21-32(37(33)40)41(31)30-19-10-9-17-27(30)25-13-5-3-6-14-25/h3-24H,1-2H3. The second kappa shape index (κ2) is 7.99. The molecule has 0 N–H and O–H groups in total. The average molecular weight is 549 g/mol. The van der Waals surface area contributed by atoms with Crippen LogP contribution in [0.1, 0.15) is 13.8 Å². The molecule has 0 radical (unpaired) electrons. The Hall–Kier alpha value is -5.22. The zero-order chi connectivity index (χ0) is 28.4. The number of rotatable bonds is 3. The van der Waals surface area contributed by atoms with Crippen molar-refractivity contribution in [2.24, 2.45) is 0 Å². The molecule has 4 aliphatic heterocycles. The maximum atomic E-state index is 2.63. The fourth-order valence-electron chi connectivity index (χ4n) is 8.52. The largest absolute Gasteiger partial charge is 0.317 e. The summed E-state index contributed by atoms with van der Waals surface area (Å²) in [4.78, 5) is 7.69. The Morgan fingerprint density at radius 2 is 1.05 bits per heavy atom. The monoisotopic (exact) mass is 549 g/mol. The van der Waals surface area contributed by atoms with Gasteiger partial charge in [0.05, 0.1) is 17.1 Å². The van der Waals surface area contributed by atoms with Crippen molar-refractivity contribution in [3.63, 3.8) is 0 Å². The normalized spacial score (nSPS) is 15.7. The van der Waals surface area contributed by atoms with Crippen LogP contribution in [0.3, 0.4) is 0 Å². The van der Waals surface area contributed by atoms with Crippen LogP contribution in [0.4, 0.5) is 39.8 Å². The van der Waals surface area contributed by atoms with E-state index in [1.807, 2.05) is 0 Å². The molecule has 0 bridgehead atoms. The molecule has 0 amide bonds. The third-order valence-electron chi connectivity index (χ3n) is 10.0. The first-order valence-electron chi connectivity index (χ1n) is 15.2. The number of nitrogens with zero attached hydrogens (tertiary/aromatic N) is 3. The van der Waals surface area contributed by atoms with Gasteiger partial charge in [-0.05, 0) is 89.4 Å². The predicted octanol–water partition coefficient (Wildman–Crippen LogP) is 7.97. The molecular formula is C39H28BN3. The van der Waals surface area contributed by atoms with E-state index in [1.165, 1.54) is 78.5 Å². The molecule has 4 heteroatoms. The Kier molecular flexibility index (Phi) is 4.34. The zero-order valence-electron chi connectivity index (χ0n) is 24.1. The minimum atomic E-state index is -0.305. The Labute approximate surface area is 252 Å². The van der Waals surface area contributed by atoms with E-state index in [1.54, 1.807) is 0 Å². The van der Waals surface area contributed by atoms with Crippen LogP contribution in [0.15, 0.2) is 133 Å². The van der Waals surface area contributed by atoms with Gasteiger partial charge in [0, 0.05) is 28.3 Å². The molecule has 0 fully saturated rings. The maximum absolute atomic E-state index is 2.63. The van der Waals surface area contributed by atoms with Crippen LogP contribution in [0.25, 0.3) is 22.3 Å². The smallest absolute Gasteiger partial charge is 0.253 e. The molecule has 0 aliphatic carbocycles. The highest BCUT2D eigenvalue weighted by molar-refractivity contribution is 7.03. The van der Waals surface area contributed by atoms with Gasteiger partial charge in [0.15, 0.2) is 0 Å². The van der Waals surface area contributed by atoms with E-state index in [4.69, 9.17) is 0 Å². The third kappa shape index (κ3) is 2.77. The molecule has 6 aromatic carbocycles. The van der Waals surface area contributed by atoms with Crippen LogP contribution in [0, 0.1) is 0 Å². The van der Waals surface area contributed by atoms with Crippen LogP contribution >= 0.6 is 0 Å². The highest BCUT2D eigenvalue weighted by Gasteiger charge is 2.55. The van der Waals surface area contributed by atoms with Crippen LogP contribution in [0.5, 0.6) is 0 Å². The van der Waals surface area contributed by atoms with E-state index in [9.17, 15) is 0 Å². The summed E-state index contributed by atoms with van der Waals surface area (Å²) in [7, 11) is 0. The van der Waals surface area contributed by atoms with Crippen LogP contribution in [-0.4, -0.2) is 12.4 Å². The number of fused-ring (bicyclic) bond motifs is 2. The van der Waals surface area contributed by atoms with E-state index in [0.29, 0.717) is 0 Å². The molecule has 0 unspecified atom stereocenters. The molecule has 0 saturated heterocycles. The summed E-state index contributed by atoms with van der Waals surface area (Å²) in [6.07, 6.45) is 0. The first-order valence-corrected chi connectivity index (χ1v) is 15.2. The highest BCUT2D eigenvalue weighted by atomic mass is 15.5. The minimum Gasteiger partial charge on any atom is -0.317 e. The van der Waals surface area contributed by atoms with Crippen molar-refractivity contribution in [2.45, 2.75) is 19.5 Å². The van der Waals surface area contributed by atoms with Gasteiger partial charge in [0.2, 0.25) is 0 Å². The molecule has 10 rings (SSSR count). The Bertz CT molecular complexity index is 2140. The third-order valence-corrected chi connectivity index (χ3v) is 10.0. The van der Waals surface area contributed by atoms with Gasteiger partial charge >= 0.3 is 0 Å². The summed E-state index contributed by atoms with van der Waals surface area (Å²) in [5.41, 5.74) is 18.1. The van der Waals surface area contributed by atoms with E-state index in [0.717, 1.165) is 0 Å². The van der Waals surface area contributed by atoms with Crippen LogP contribution in [-0.2, 0) is 0 Å². The molecule has 0 atom stereocenters. The van der Waals surface area contributed by atoms with Gasteiger partial charge in [-0.25, -0.2) is 0 Å². The topological polar surface area (TPSA) is 9.72 Å². The highest BCUT2D eigenvalue weighted by Crippen LogP contribution is 2.57. The second-order valence-electron chi connectivity index (χ2n) is 12.5. The summed E-state index contributed by atoms with van der Waals surface area (Å²) < 4.78 is 0. The van der Waals surface area contributed by atoms with Crippen molar-refractivity contribution >= 4 is 62.9 Å². The van der Waals surface area contributed by atoms with Crippen molar-refractivity contribution in [2.75, 3.05) is 14.7 Å². The summed E-state index contributed by atoms with van der Waals surface area (Å²) in [6, 6.07) is 49.1. The summed E-state index contributed by atoms with van der Waals surface area (Å²) in [5.74, 6) is 0. The van der Waals surface area contributed by atoms with E-state index < -0.39 is 0 Å². The average Bonchev–Trinajstić information content (AvgIpc) is 3.51. The molecule has 202 valence electrons. The van der Waals surface area contributed by atoms with Gasteiger partial charge in [-0.2, -0.15) is 0 Å². The van der Waals surface area contributed by atoms with Crippen molar-refractivity contribution in [1.29, 1.82) is 0 Å².